The fourth-order valence-corrected chi connectivity index (χ4v) is 3.10. The van der Waals surface area contributed by atoms with Crippen molar-refractivity contribution in [3.05, 3.63) is 96.3 Å². The maximum atomic E-state index is 12.6. The Morgan fingerprint density at radius 1 is 0.966 bits per heavy atom. The van der Waals surface area contributed by atoms with Crippen LogP contribution in [0.25, 0.3) is 11.4 Å². The van der Waals surface area contributed by atoms with Crippen molar-refractivity contribution in [1.29, 1.82) is 0 Å². The molecule has 7 nitrogen and oxygen atoms in total. The minimum Gasteiger partial charge on any atom is -0.349 e. The molecule has 1 atom stereocenters. The zero-order valence-electron chi connectivity index (χ0n) is 15.7. The van der Waals surface area contributed by atoms with Crippen LogP contribution in [0.15, 0.2) is 79.3 Å². The quantitative estimate of drug-likeness (QED) is 0.510. The monoisotopic (exact) mass is 384 g/mol. The van der Waals surface area contributed by atoms with Crippen molar-refractivity contribution in [3.8, 4) is 11.4 Å². The number of carbonyl (C=O) groups is 1. The van der Waals surface area contributed by atoms with Gasteiger partial charge in [0.1, 0.15) is 5.82 Å². The van der Waals surface area contributed by atoms with Gasteiger partial charge in [0, 0.05) is 42.2 Å². The topological polar surface area (TPSA) is 96.5 Å². The molecule has 7 heteroatoms. The Labute approximate surface area is 168 Å². The van der Waals surface area contributed by atoms with Gasteiger partial charge >= 0.3 is 0 Å². The zero-order chi connectivity index (χ0) is 19.9. The molecule has 1 aromatic carbocycles. The van der Waals surface area contributed by atoms with Crippen molar-refractivity contribution in [2.24, 2.45) is 0 Å². The van der Waals surface area contributed by atoms with E-state index in [1.54, 1.807) is 18.6 Å². The molecular formula is C22H20N6O. The normalized spacial score (nSPS) is 11.7. The van der Waals surface area contributed by atoms with Crippen LogP contribution in [0.4, 0.5) is 0 Å². The third kappa shape index (κ3) is 4.70. The molecule has 29 heavy (non-hydrogen) atoms. The lowest BCUT2D eigenvalue weighted by Crippen LogP contribution is -2.25. The second kappa shape index (κ2) is 8.88. The van der Waals surface area contributed by atoms with Gasteiger partial charge in [-0.05, 0) is 29.8 Å². The Morgan fingerprint density at radius 3 is 2.52 bits per heavy atom. The first-order valence-corrected chi connectivity index (χ1v) is 9.34. The smallest absolute Gasteiger partial charge is 0.221 e. The van der Waals surface area contributed by atoms with Crippen LogP contribution < -0.4 is 5.32 Å². The predicted octanol–water partition coefficient (Wildman–Crippen LogP) is 3.10. The summed E-state index contributed by atoms with van der Waals surface area (Å²) in [4.78, 5) is 25.5. The highest BCUT2D eigenvalue weighted by Gasteiger charge is 2.19. The lowest BCUT2D eigenvalue weighted by Gasteiger charge is -2.16. The van der Waals surface area contributed by atoms with Crippen molar-refractivity contribution >= 4 is 5.91 Å². The van der Waals surface area contributed by atoms with Crippen molar-refractivity contribution in [3.63, 3.8) is 0 Å². The molecule has 0 saturated carbocycles. The molecule has 4 aromatic rings. The summed E-state index contributed by atoms with van der Waals surface area (Å²) in [7, 11) is 0. The molecular weight excluding hydrogens is 364 g/mol. The van der Waals surface area contributed by atoms with Gasteiger partial charge in [-0.2, -0.15) is 5.10 Å². The SMILES string of the molecule is O=C(C[C@@H](c1ccccc1)c1ccccn1)NCc1nc(-c2ccncc2)n[nH]1. The number of amides is 1. The number of hydrogen-bond donors (Lipinski definition) is 2. The van der Waals surface area contributed by atoms with E-state index in [0.717, 1.165) is 16.8 Å². The highest BCUT2D eigenvalue weighted by atomic mass is 16.1. The average molecular weight is 384 g/mol. The first-order valence-electron chi connectivity index (χ1n) is 9.34. The highest BCUT2D eigenvalue weighted by molar-refractivity contribution is 5.77. The Morgan fingerprint density at radius 2 is 1.76 bits per heavy atom. The third-order valence-corrected chi connectivity index (χ3v) is 4.56. The van der Waals surface area contributed by atoms with Gasteiger partial charge in [0.2, 0.25) is 5.91 Å². The molecule has 4 rings (SSSR count). The lowest BCUT2D eigenvalue weighted by atomic mass is 9.91. The Kier molecular flexibility index (Phi) is 5.66. The molecule has 3 heterocycles. The summed E-state index contributed by atoms with van der Waals surface area (Å²) in [5.74, 6) is 0.984. The van der Waals surface area contributed by atoms with Crippen molar-refractivity contribution < 1.29 is 4.79 Å². The minimum atomic E-state index is -0.112. The summed E-state index contributed by atoms with van der Waals surface area (Å²) in [6, 6.07) is 19.4. The number of aromatic nitrogens is 5. The van der Waals surface area contributed by atoms with Crippen LogP contribution in [0.3, 0.4) is 0 Å². The molecule has 0 unspecified atom stereocenters. The zero-order valence-corrected chi connectivity index (χ0v) is 15.7. The number of benzene rings is 1. The van der Waals surface area contributed by atoms with E-state index in [2.05, 4.69) is 30.5 Å². The van der Waals surface area contributed by atoms with Gasteiger partial charge in [-0.3, -0.25) is 19.9 Å². The minimum absolute atomic E-state index is 0.0774. The van der Waals surface area contributed by atoms with Gasteiger partial charge in [-0.25, -0.2) is 4.98 Å². The van der Waals surface area contributed by atoms with E-state index in [0.29, 0.717) is 18.1 Å². The van der Waals surface area contributed by atoms with Crippen molar-refractivity contribution in [2.75, 3.05) is 0 Å². The summed E-state index contributed by atoms with van der Waals surface area (Å²) in [6.07, 6.45) is 5.42. The van der Waals surface area contributed by atoms with Crippen LogP contribution in [0, 0.1) is 0 Å². The third-order valence-electron chi connectivity index (χ3n) is 4.56. The maximum Gasteiger partial charge on any atom is 0.221 e. The van der Waals surface area contributed by atoms with E-state index >= 15 is 0 Å². The van der Waals surface area contributed by atoms with Gasteiger partial charge in [0.05, 0.1) is 6.54 Å². The number of carbonyl (C=O) groups excluding carboxylic acids is 1. The molecule has 0 aliphatic carbocycles. The van der Waals surface area contributed by atoms with Crippen molar-refractivity contribution in [2.45, 2.75) is 18.9 Å². The summed E-state index contributed by atoms with van der Waals surface area (Å²) in [5.41, 5.74) is 2.79. The molecule has 0 aliphatic heterocycles. The summed E-state index contributed by atoms with van der Waals surface area (Å²) < 4.78 is 0. The van der Waals surface area contributed by atoms with E-state index in [1.165, 1.54) is 0 Å². The van der Waals surface area contributed by atoms with Crippen LogP contribution in [-0.2, 0) is 11.3 Å². The molecule has 2 N–H and O–H groups in total. The first-order chi connectivity index (χ1) is 14.3. The number of H-pyrrole nitrogens is 1. The van der Waals surface area contributed by atoms with E-state index in [1.807, 2.05) is 60.7 Å². The Bertz CT molecular complexity index is 1010. The second-order valence-corrected chi connectivity index (χ2v) is 6.54. The number of pyridine rings is 2. The van der Waals surface area contributed by atoms with Crippen molar-refractivity contribution in [1.82, 2.24) is 30.5 Å². The predicted molar refractivity (Wildman–Crippen MR) is 109 cm³/mol. The number of hydrogen-bond acceptors (Lipinski definition) is 5. The molecule has 1 amide bonds. The van der Waals surface area contributed by atoms with Crippen LogP contribution >= 0.6 is 0 Å². The van der Waals surface area contributed by atoms with Crippen LogP contribution in [0.5, 0.6) is 0 Å². The molecule has 144 valence electrons. The summed E-state index contributed by atoms with van der Waals surface area (Å²) in [6.45, 7) is 0.278. The van der Waals surface area contributed by atoms with E-state index in [9.17, 15) is 4.79 Å². The number of rotatable bonds is 7. The Hall–Kier alpha value is -3.87. The molecule has 0 spiro atoms. The highest BCUT2D eigenvalue weighted by Crippen LogP contribution is 2.26. The first kappa shape index (κ1) is 18.5. The van der Waals surface area contributed by atoms with E-state index in [4.69, 9.17) is 0 Å². The molecule has 0 aliphatic rings. The number of aromatic amines is 1. The number of nitrogens with one attached hydrogen (secondary N) is 2. The van der Waals surface area contributed by atoms with Crippen LogP contribution in [0.2, 0.25) is 0 Å². The Balaban J connectivity index is 1.42. The fourth-order valence-electron chi connectivity index (χ4n) is 3.10. The maximum absolute atomic E-state index is 12.6. The number of nitrogens with zero attached hydrogens (tertiary/aromatic N) is 4. The second-order valence-electron chi connectivity index (χ2n) is 6.54. The standard InChI is InChI=1S/C22H20N6O/c29-21(25-15-20-26-22(28-27-20)17-9-12-23-13-10-17)14-18(16-6-2-1-3-7-16)19-8-4-5-11-24-19/h1-13,18H,14-15H2,(H,25,29)(H,26,27,28)/t18-/m0/s1. The van der Waals surface area contributed by atoms with Gasteiger partial charge < -0.3 is 5.32 Å². The van der Waals surface area contributed by atoms with Crippen LogP contribution in [-0.4, -0.2) is 31.1 Å². The van der Waals surface area contributed by atoms with Gasteiger partial charge in [-0.1, -0.05) is 36.4 Å². The molecule has 0 radical (unpaired) electrons. The molecule has 0 fully saturated rings. The molecule has 0 saturated heterocycles. The van der Waals surface area contributed by atoms with Gasteiger partial charge in [0.15, 0.2) is 5.82 Å². The largest absolute Gasteiger partial charge is 0.349 e. The van der Waals surface area contributed by atoms with Gasteiger partial charge in [-0.15, -0.1) is 0 Å². The van der Waals surface area contributed by atoms with E-state index < -0.39 is 0 Å². The van der Waals surface area contributed by atoms with E-state index in [-0.39, 0.29) is 18.4 Å². The lowest BCUT2D eigenvalue weighted by molar-refractivity contribution is -0.121. The summed E-state index contributed by atoms with van der Waals surface area (Å²) >= 11 is 0. The summed E-state index contributed by atoms with van der Waals surface area (Å²) in [5, 5.41) is 9.98. The molecule has 0 bridgehead atoms. The van der Waals surface area contributed by atoms with Crippen LogP contribution in [0.1, 0.15) is 29.4 Å². The van der Waals surface area contributed by atoms with Gasteiger partial charge in [0.25, 0.3) is 0 Å². The fraction of sp³-hybridized carbons (Fsp3) is 0.136. The average Bonchev–Trinajstić information content (AvgIpc) is 3.27. The molecule has 3 aromatic heterocycles.